The number of likely N-dealkylation sites (N-methyl/N-ethyl adjacent to an activating group) is 1. The van der Waals surface area contributed by atoms with Gasteiger partial charge in [-0.1, -0.05) is 6.07 Å². The molecule has 0 unspecified atom stereocenters. The van der Waals surface area contributed by atoms with Crippen molar-refractivity contribution in [3.63, 3.8) is 0 Å². The SMILES string of the molecule is CN1C(C)(C)C(=O)OB(c2ccccn2)OC(=O)C1(C)C. The van der Waals surface area contributed by atoms with Gasteiger partial charge in [-0.25, -0.2) is 0 Å². The van der Waals surface area contributed by atoms with Gasteiger partial charge in [0.05, 0.1) is 0 Å². The van der Waals surface area contributed by atoms with Gasteiger partial charge in [0.1, 0.15) is 16.7 Å². The third-order valence-electron chi connectivity index (χ3n) is 4.03. The van der Waals surface area contributed by atoms with Crippen LogP contribution in [0.15, 0.2) is 24.4 Å². The Balaban J connectivity index is 2.42. The Labute approximate surface area is 124 Å². The zero-order chi connectivity index (χ0) is 15.8. The molecule has 2 rings (SSSR count). The Hall–Kier alpha value is -1.89. The van der Waals surface area contributed by atoms with E-state index in [1.54, 1.807) is 64.0 Å². The second-order valence-corrected chi connectivity index (χ2v) is 6.07. The van der Waals surface area contributed by atoms with Gasteiger partial charge in [0, 0.05) is 6.20 Å². The van der Waals surface area contributed by atoms with E-state index in [0.29, 0.717) is 5.59 Å². The van der Waals surface area contributed by atoms with E-state index in [9.17, 15) is 9.59 Å². The number of hydrogen-bond donors (Lipinski definition) is 0. The molecule has 1 fully saturated rings. The monoisotopic (exact) mass is 290 g/mol. The smallest absolute Gasteiger partial charge is 0.493 e. The lowest BCUT2D eigenvalue weighted by Crippen LogP contribution is -2.65. The lowest BCUT2D eigenvalue weighted by Gasteiger charge is -2.45. The molecule has 21 heavy (non-hydrogen) atoms. The van der Waals surface area contributed by atoms with Gasteiger partial charge in [-0.2, -0.15) is 0 Å². The van der Waals surface area contributed by atoms with Crippen LogP contribution in [0.5, 0.6) is 0 Å². The Morgan fingerprint density at radius 2 is 1.57 bits per heavy atom. The Kier molecular flexibility index (Phi) is 3.80. The normalized spacial score (nSPS) is 22.0. The van der Waals surface area contributed by atoms with Crippen LogP contribution in [0.4, 0.5) is 0 Å². The standard InChI is InChI=1S/C14H19BN2O4/c1-13(2)11(18)20-15(10-8-6-7-9-16-10)21-12(19)14(3,4)17(13)5/h6-9H,1-5H3. The van der Waals surface area contributed by atoms with Gasteiger partial charge in [0.25, 0.3) is 0 Å². The van der Waals surface area contributed by atoms with E-state index in [1.807, 2.05) is 0 Å². The number of pyridine rings is 1. The molecule has 2 heterocycles. The Morgan fingerprint density at radius 1 is 1.05 bits per heavy atom. The van der Waals surface area contributed by atoms with Crippen molar-refractivity contribution < 1.29 is 18.9 Å². The zero-order valence-electron chi connectivity index (χ0n) is 12.9. The van der Waals surface area contributed by atoms with Crippen LogP contribution >= 0.6 is 0 Å². The van der Waals surface area contributed by atoms with E-state index in [0.717, 1.165) is 0 Å². The van der Waals surface area contributed by atoms with Crippen molar-refractivity contribution in [1.82, 2.24) is 9.88 Å². The minimum absolute atomic E-state index is 0.385. The van der Waals surface area contributed by atoms with E-state index in [4.69, 9.17) is 9.31 Å². The third kappa shape index (κ3) is 2.65. The van der Waals surface area contributed by atoms with Crippen LogP contribution in [0.25, 0.3) is 0 Å². The summed E-state index contributed by atoms with van der Waals surface area (Å²) in [7, 11) is 0.572. The predicted octanol–water partition coefficient (Wildman–Crippen LogP) is 0.366. The highest BCUT2D eigenvalue weighted by molar-refractivity contribution is 6.63. The molecule has 1 aromatic rings. The van der Waals surface area contributed by atoms with E-state index < -0.39 is 30.1 Å². The molecule has 112 valence electrons. The fraction of sp³-hybridized carbons (Fsp3) is 0.500. The van der Waals surface area contributed by atoms with Gasteiger partial charge in [0.15, 0.2) is 0 Å². The molecule has 0 bridgehead atoms. The molecule has 1 aliphatic rings. The Bertz CT molecular complexity index is 529. The number of hydrogen-bond acceptors (Lipinski definition) is 6. The van der Waals surface area contributed by atoms with E-state index in [-0.39, 0.29) is 0 Å². The molecule has 0 radical (unpaired) electrons. The summed E-state index contributed by atoms with van der Waals surface area (Å²) >= 11 is 0. The topological polar surface area (TPSA) is 68.7 Å². The van der Waals surface area contributed by atoms with Crippen LogP contribution in [0.2, 0.25) is 0 Å². The van der Waals surface area contributed by atoms with Crippen molar-refractivity contribution in [2.45, 2.75) is 38.8 Å². The van der Waals surface area contributed by atoms with Crippen molar-refractivity contribution in [2.24, 2.45) is 0 Å². The average molecular weight is 290 g/mol. The summed E-state index contributed by atoms with van der Waals surface area (Å²) in [5.41, 5.74) is -1.54. The zero-order valence-corrected chi connectivity index (χ0v) is 12.9. The van der Waals surface area contributed by atoms with Gasteiger partial charge in [-0.3, -0.25) is 19.5 Å². The molecule has 0 N–H and O–H groups in total. The molecule has 1 aromatic heterocycles. The van der Waals surface area contributed by atoms with Crippen LogP contribution < -0.4 is 5.59 Å². The van der Waals surface area contributed by atoms with Gasteiger partial charge >= 0.3 is 19.1 Å². The molecule has 1 aliphatic heterocycles. The Morgan fingerprint density at radius 3 is 2.00 bits per heavy atom. The molecule has 0 spiro atoms. The first kappa shape index (κ1) is 15.5. The second kappa shape index (κ2) is 5.14. The quantitative estimate of drug-likeness (QED) is 0.696. The highest BCUT2D eigenvalue weighted by Gasteiger charge is 2.51. The number of carbonyl (C=O) groups excluding carboxylic acids is 2. The maximum atomic E-state index is 12.4. The van der Waals surface area contributed by atoms with Crippen molar-refractivity contribution in [3.8, 4) is 0 Å². The first-order valence-electron chi connectivity index (χ1n) is 6.74. The van der Waals surface area contributed by atoms with Gasteiger partial charge in [-0.15, -0.1) is 0 Å². The van der Waals surface area contributed by atoms with Crippen LogP contribution in [0.1, 0.15) is 27.7 Å². The summed E-state index contributed by atoms with van der Waals surface area (Å²) in [5.74, 6) is -0.942. The molecular weight excluding hydrogens is 271 g/mol. The summed E-state index contributed by atoms with van der Waals surface area (Å²) in [6.07, 6.45) is 1.55. The van der Waals surface area contributed by atoms with E-state index >= 15 is 0 Å². The summed E-state index contributed by atoms with van der Waals surface area (Å²) in [6.45, 7) is 6.85. The maximum Gasteiger partial charge on any atom is 0.656 e. The lowest BCUT2D eigenvalue weighted by atomic mass is 9.81. The molecule has 0 aliphatic carbocycles. The molecule has 7 heteroatoms. The van der Waals surface area contributed by atoms with Gasteiger partial charge in [0.2, 0.25) is 0 Å². The van der Waals surface area contributed by atoms with Crippen LogP contribution in [-0.2, 0) is 18.9 Å². The molecular formula is C14H19BN2O4. The summed E-state index contributed by atoms with van der Waals surface area (Å²) in [5, 5.41) is 0. The van der Waals surface area contributed by atoms with Crippen molar-refractivity contribution in [2.75, 3.05) is 7.05 Å². The van der Waals surface area contributed by atoms with E-state index in [1.165, 1.54) is 0 Å². The van der Waals surface area contributed by atoms with E-state index in [2.05, 4.69) is 4.98 Å². The first-order valence-corrected chi connectivity index (χ1v) is 6.74. The summed E-state index contributed by atoms with van der Waals surface area (Å²) in [4.78, 5) is 30.5. The third-order valence-corrected chi connectivity index (χ3v) is 4.03. The first-order chi connectivity index (χ1) is 9.67. The fourth-order valence-corrected chi connectivity index (χ4v) is 2.12. The van der Waals surface area contributed by atoms with Crippen molar-refractivity contribution >= 4 is 24.7 Å². The van der Waals surface area contributed by atoms with Crippen LogP contribution in [0.3, 0.4) is 0 Å². The van der Waals surface area contributed by atoms with Crippen LogP contribution in [0, 0.1) is 0 Å². The summed E-state index contributed by atoms with van der Waals surface area (Å²) in [6, 6.07) is 5.12. The van der Waals surface area contributed by atoms with Gasteiger partial charge < -0.3 is 9.31 Å². The van der Waals surface area contributed by atoms with Crippen LogP contribution in [-0.4, -0.2) is 47.1 Å². The van der Waals surface area contributed by atoms with Gasteiger partial charge in [-0.05, 0) is 46.9 Å². The number of nitrogens with zero attached hydrogens (tertiary/aromatic N) is 2. The molecule has 6 nitrogen and oxygen atoms in total. The highest BCUT2D eigenvalue weighted by atomic mass is 16.6. The molecule has 0 saturated carbocycles. The maximum absolute atomic E-state index is 12.4. The molecule has 1 saturated heterocycles. The molecule has 0 atom stereocenters. The fourth-order valence-electron chi connectivity index (χ4n) is 2.12. The van der Waals surface area contributed by atoms with Crippen molar-refractivity contribution in [1.29, 1.82) is 0 Å². The minimum atomic E-state index is -1.13. The number of carbonyl (C=O) groups is 2. The average Bonchev–Trinajstić information content (AvgIpc) is 2.45. The molecule has 0 aromatic carbocycles. The number of rotatable bonds is 1. The predicted molar refractivity (Wildman–Crippen MR) is 77.7 cm³/mol. The van der Waals surface area contributed by atoms with Crippen molar-refractivity contribution in [3.05, 3.63) is 24.4 Å². The second-order valence-electron chi connectivity index (χ2n) is 6.07. The molecule has 0 amide bonds. The summed E-state index contributed by atoms with van der Waals surface area (Å²) < 4.78 is 10.7. The highest BCUT2D eigenvalue weighted by Crippen LogP contribution is 2.28. The largest absolute Gasteiger partial charge is 0.656 e. The minimum Gasteiger partial charge on any atom is -0.493 e. The number of aromatic nitrogens is 1. The lowest BCUT2D eigenvalue weighted by molar-refractivity contribution is -0.165.